The number of amides is 3. The van der Waals surface area contributed by atoms with Crippen molar-refractivity contribution in [3.05, 3.63) is 23.8 Å². The molecule has 22 heavy (non-hydrogen) atoms. The van der Waals surface area contributed by atoms with E-state index in [2.05, 4.69) is 10.6 Å². The van der Waals surface area contributed by atoms with Crippen molar-refractivity contribution in [1.29, 1.82) is 0 Å². The molecule has 0 spiro atoms. The van der Waals surface area contributed by atoms with E-state index in [4.69, 9.17) is 4.74 Å². The maximum Gasteiger partial charge on any atom is 0.321 e. The summed E-state index contributed by atoms with van der Waals surface area (Å²) in [5, 5.41) is 5.80. The summed E-state index contributed by atoms with van der Waals surface area (Å²) in [6.45, 7) is 6.41. The van der Waals surface area contributed by atoms with E-state index in [0.29, 0.717) is 26.3 Å². The quantitative estimate of drug-likeness (QED) is 0.880. The first-order valence-corrected chi connectivity index (χ1v) is 7.65. The number of nitrogens with zero attached hydrogens (tertiary/aromatic N) is 1. The van der Waals surface area contributed by atoms with Crippen molar-refractivity contribution in [2.24, 2.45) is 5.92 Å². The number of hydrogen-bond donors (Lipinski definition) is 2. The van der Waals surface area contributed by atoms with Gasteiger partial charge in [0.15, 0.2) is 0 Å². The third-order valence-corrected chi connectivity index (χ3v) is 4.14. The molecule has 1 saturated heterocycles. The Morgan fingerprint density at radius 2 is 2.09 bits per heavy atom. The minimum atomic E-state index is -0.157. The number of nitrogens with one attached hydrogen (secondary N) is 2. The first-order valence-electron chi connectivity index (χ1n) is 7.65. The smallest absolute Gasteiger partial charge is 0.321 e. The summed E-state index contributed by atoms with van der Waals surface area (Å²) in [7, 11) is 0. The highest BCUT2D eigenvalue weighted by molar-refractivity contribution is 6.04. The molecule has 0 radical (unpaired) electrons. The van der Waals surface area contributed by atoms with Gasteiger partial charge in [-0.25, -0.2) is 4.79 Å². The molecule has 0 aliphatic carbocycles. The fourth-order valence-electron chi connectivity index (χ4n) is 2.99. The number of fused-ring (bicyclic) bond motifs is 1. The number of urea groups is 1. The third-order valence-electron chi connectivity index (χ3n) is 4.14. The fourth-order valence-corrected chi connectivity index (χ4v) is 2.99. The first-order chi connectivity index (χ1) is 10.6. The third kappa shape index (κ3) is 2.78. The Kier molecular flexibility index (Phi) is 4.02. The average Bonchev–Trinajstić information content (AvgIpc) is 2.83. The molecule has 118 valence electrons. The molecule has 0 bridgehead atoms. The van der Waals surface area contributed by atoms with Gasteiger partial charge < -0.3 is 20.3 Å². The van der Waals surface area contributed by atoms with E-state index in [1.165, 1.54) is 0 Å². The molecule has 0 saturated carbocycles. The summed E-state index contributed by atoms with van der Waals surface area (Å²) >= 11 is 0. The molecule has 1 atom stereocenters. The van der Waals surface area contributed by atoms with Crippen LogP contribution in [0.3, 0.4) is 0 Å². The highest BCUT2D eigenvalue weighted by atomic mass is 16.5. The van der Waals surface area contributed by atoms with Gasteiger partial charge in [-0.3, -0.25) is 4.79 Å². The molecule has 1 aromatic rings. The summed E-state index contributed by atoms with van der Waals surface area (Å²) < 4.78 is 5.25. The van der Waals surface area contributed by atoms with Gasteiger partial charge in [-0.2, -0.15) is 0 Å². The van der Waals surface area contributed by atoms with E-state index >= 15 is 0 Å². The zero-order chi connectivity index (χ0) is 15.7. The van der Waals surface area contributed by atoms with E-state index in [-0.39, 0.29) is 23.8 Å². The molecule has 1 unspecified atom stereocenters. The number of benzene rings is 1. The van der Waals surface area contributed by atoms with Gasteiger partial charge >= 0.3 is 6.03 Å². The van der Waals surface area contributed by atoms with Crippen LogP contribution >= 0.6 is 0 Å². The molecule has 6 nitrogen and oxygen atoms in total. The Morgan fingerprint density at radius 1 is 1.36 bits per heavy atom. The van der Waals surface area contributed by atoms with E-state index in [1.807, 2.05) is 32.0 Å². The van der Waals surface area contributed by atoms with Crippen molar-refractivity contribution < 1.29 is 14.3 Å². The molecule has 1 aromatic carbocycles. The largest absolute Gasteiger partial charge is 0.378 e. The van der Waals surface area contributed by atoms with Crippen LogP contribution in [0.15, 0.2) is 18.2 Å². The lowest BCUT2D eigenvalue weighted by molar-refractivity contribution is -0.117. The van der Waals surface area contributed by atoms with Crippen LogP contribution in [0.2, 0.25) is 0 Å². The van der Waals surface area contributed by atoms with Gasteiger partial charge in [-0.05, 0) is 29.7 Å². The first kappa shape index (κ1) is 14.8. The van der Waals surface area contributed by atoms with Crippen LogP contribution in [0.5, 0.6) is 0 Å². The number of hydrogen-bond acceptors (Lipinski definition) is 3. The standard InChI is InChI=1S/C16H21N3O3/c1-10(2)14-12-9-11(3-4-13(12)18-15(14)20)17-16(21)19-5-7-22-8-6-19/h3-4,9-10,14H,5-8H2,1-2H3,(H,17,21)(H,18,20). The minimum Gasteiger partial charge on any atom is -0.378 e. The fraction of sp³-hybridized carbons (Fsp3) is 0.500. The Bertz CT molecular complexity index is 594. The molecule has 2 heterocycles. The Labute approximate surface area is 129 Å². The zero-order valence-corrected chi connectivity index (χ0v) is 12.9. The van der Waals surface area contributed by atoms with Gasteiger partial charge in [0.05, 0.1) is 19.1 Å². The van der Waals surface area contributed by atoms with Gasteiger partial charge in [-0.15, -0.1) is 0 Å². The number of anilines is 2. The van der Waals surface area contributed by atoms with Crippen molar-refractivity contribution >= 4 is 23.3 Å². The van der Waals surface area contributed by atoms with E-state index < -0.39 is 0 Å². The van der Waals surface area contributed by atoms with Gasteiger partial charge in [0, 0.05) is 24.5 Å². The van der Waals surface area contributed by atoms with Crippen molar-refractivity contribution in [2.45, 2.75) is 19.8 Å². The molecule has 3 amide bonds. The van der Waals surface area contributed by atoms with Crippen molar-refractivity contribution in [3.63, 3.8) is 0 Å². The Balaban J connectivity index is 1.76. The van der Waals surface area contributed by atoms with Crippen LogP contribution in [0.1, 0.15) is 25.3 Å². The maximum atomic E-state index is 12.2. The second-order valence-electron chi connectivity index (χ2n) is 6.04. The Morgan fingerprint density at radius 3 is 2.77 bits per heavy atom. The number of morpholine rings is 1. The van der Waals surface area contributed by atoms with Crippen molar-refractivity contribution in [3.8, 4) is 0 Å². The lowest BCUT2D eigenvalue weighted by Gasteiger charge is -2.27. The minimum absolute atomic E-state index is 0.0293. The molecular formula is C16H21N3O3. The second kappa shape index (κ2) is 5.96. The van der Waals surface area contributed by atoms with E-state index in [1.54, 1.807) is 4.90 Å². The molecule has 0 aromatic heterocycles. The van der Waals surface area contributed by atoms with Crippen LogP contribution in [-0.4, -0.2) is 43.1 Å². The zero-order valence-electron chi connectivity index (χ0n) is 12.9. The van der Waals surface area contributed by atoms with E-state index in [0.717, 1.165) is 16.9 Å². The number of rotatable bonds is 2. The van der Waals surface area contributed by atoms with Gasteiger partial charge in [0.2, 0.25) is 5.91 Å². The van der Waals surface area contributed by atoms with Crippen LogP contribution in [-0.2, 0) is 9.53 Å². The summed E-state index contributed by atoms with van der Waals surface area (Å²) in [4.78, 5) is 26.0. The molecule has 2 aliphatic rings. The lowest BCUT2D eigenvalue weighted by Crippen LogP contribution is -2.43. The summed E-state index contributed by atoms with van der Waals surface area (Å²) in [6, 6.07) is 5.45. The topological polar surface area (TPSA) is 70.7 Å². The van der Waals surface area contributed by atoms with Crippen LogP contribution in [0.4, 0.5) is 16.2 Å². The molecular weight excluding hydrogens is 282 g/mol. The van der Waals surface area contributed by atoms with Crippen LogP contribution in [0.25, 0.3) is 0 Å². The molecule has 6 heteroatoms. The normalized spacial score (nSPS) is 20.8. The average molecular weight is 303 g/mol. The van der Waals surface area contributed by atoms with Gasteiger partial charge in [-0.1, -0.05) is 13.8 Å². The molecule has 3 rings (SSSR count). The Hall–Kier alpha value is -2.08. The molecule has 2 N–H and O–H groups in total. The van der Waals surface area contributed by atoms with E-state index in [9.17, 15) is 9.59 Å². The predicted octanol–water partition coefficient (Wildman–Crippen LogP) is 2.24. The maximum absolute atomic E-state index is 12.2. The molecule has 2 aliphatic heterocycles. The predicted molar refractivity (Wildman–Crippen MR) is 84.1 cm³/mol. The highest BCUT2D eigenvalue weighted by Crippen LogP contribution is 2.38. The SMILES string of the molecule is CC(C)C1C(=O)Nc2ccc(NC(=O)N3CCOCC3)cc21. The molecule has 1 fully saturated rings. The summed E-state index contributed by atoms with van der Waals surface area (Å²) in [6.07, 6.45) is 0. The number of carbonyl (C=O) groups is 2. The number of ether oxygens (including phenoxy) is 1. The highest BCUT2D eigenvalue weighted by Gasteiger charge is 2.33. The summed E-state index contributed by atoms with van der Waals surface area (Å²) in [5.74, 6) is 0.0864. The van der Waals surface area contributed by atoms with Crippen molar-refractivity contribution in [2.75, 3.05) is 36.9 Å². The lowest BCUT2D eigenvalue weighted by atomic mass is 9.89. The van der Waals surface area contributed by atoms with Crippen LogP contribution in [0, 0.1) is 5.92 Å². The second-order valence-corrected chi connectivity index (χ2v) is 6.04. The van der Waals surface area contributed by atoms with Gasteiger partial charge in [0.25, 0.3) is 0 Å². The summed E-state index contributed by atoms with van der Waals surface area (Å²) in [5.41, 5.74) is 2.52. The number of carbonyl (C=O) groups excluding carboxylic acids is 2. The van der Waals surface area contributed by atoms with Crippen molar-refractivity contribution in [1.82, 2.24) is 4.90 Å². The van der Waals surface area contributed by atoms with Gasteiger partial charge in [0.1, 0.15) is 0 Å². The van der Waals surface area contributed by atoms with Crippen LogP contribution < -0.4 is 10.6 Å². The monoisotopic (exact) mass is 303 g/mol.